The summed E-state index contributed by atoms with van der Waals surface area (Å²) in [6.45, 7) is 0. The highest BCUT2D eigenvalue weighted by Crippen LogP contribution is 2.32. The number of nitrogens with zero attached hydrogens (tertiary/aromatic N) is 1. The Morgan fingerprint density at radius 2 is 1.50 bits per heavy atom. The molecule has 0 atom stereocenters. The maximum atomic E-state index is 6.16. The molecule has 0 aliphatic heterocycles. The summed E-state index contributed by atoms with van der Waals surface area (Å²) in [6, 6.07) is 12.7. The standard InChI is InChI=1S/C15H14Cl3N3.ClH/c1-21(2)15(19-11-8-6-10(16)7-9-11)20-14-12(17)4-3-5-13(14)18;/h3-9H,1-2H3,(H,19,20);1H. The van der Waals surface area contributed by atoms with Crippen molar-refractivity contribution in [2.45, 2.75) is 0 Å². The van der Waals surface area contributed by atoms with Gasteiger partial charge >= 0.3 is 5.96 Å². The first kappa shape index (κ1) is 19.1. The number of para-hydroxylation sites is 1. The van der Waals surface area contributed by atoms with Gasteiger partial charge in [0.15, 0.2) is 0 Å². The van der Waals surface area contributed by atoms with E-state index in [0.717, 1.165) is 10.6 Å². The van der Waals surface area contributed by atoms with Crippen LogP contribution in [-0.2, 0) is 0 Å². The van der Waals surface area contributed by atoms with Gasteiger partial charge in [-0.2, -0.15) is 4.99 Å². The molecule has 0 heterocycles. The number of hydrogen-bond donors (Lipinski definition) is 2. The van der Waals surface area contributed by atoms with Gasteiger partial charge in [-0.05, 0) is 36.4 Å². The molecular formula is C15H15Cl4N3. The van der Waals surface area contributed by atoms with E-state index in [9.17, 15) is 0 Å². The largest absolute Gasteiger partial charge is 1.00 e. The maximum Gasteiger partial charge on any atom is 0.305 e. The first-order valence-corrected chi connectivity index (χ1v) is 7.46. The SMILES string of the molecule is C[NH+](C)C(=Nc1c(Cl)cccc1Cl)Nc1ccc(Cl)cc1.[Cl-]. The Bertz CT molecular complexity index is 634. The van der Waals surface area contributed by atoms with E-state index in [1.807, 2.05) is 38.4 Å². The maximum absolute atomic E-state index is 6.16. The molecule has 0 amide bonds. The van der Waals surface area contributed by atoms with E-state index in [1.165, 1.54) is 0 Å². The lowest BCUT2D eigenvalue weighted by Crippen LogP contribution is -3.09. The monoisotopic (exact) mass is 377 g/mol. The first-order valence-electron chi connectivity index (χ1n) is 6.33. The highest BCUT2D eigenvalue weighted by Gasteiger charge is 2.12. The zero-order chi connectivity index (χ0) is 15.4. The minimum absolute atomic E-state index is 0. The van der Waals surface area contributed by atoms with Crippen molar-refractivity contribution in [2.24, 2.45) is 4.99 Å². The lowest BCUT2D eigenvalue weighted by Gasteiger charge is -2.13. The summed E-state index contributed by atoms with van der Waals surface area (Å²) in [4.78, 5) is 5.56. The van der Waals surface area contributed by atoms with Gasteiger partial charge in [0.1, 0.15) is 5.69 Å². The molecular weight excluding hydrogens is 364 g/mol. The third kappa shape index (κ3) is 5.04. The number of quaternary nitrogens is 1. The molecule has 0 aromatic heterocycles. The lowest BCUT2D eigenvalue weighted by molar-refractivity contribution is -0.757. The Kier molecular flexibility index (Phi) is 7.46. The Labute approximate surface area is 151 Å². The van der Waals surface area contributed by atoms with Crippen LogP contribution < -0.4 is 22.6 Å². The van der Waals surface area contributed by atoms with Crippen LogP contribution in [0.2, 0.25) is 15.1 Å². The molecule has 2 N–H and O–H groups in total. The van der Waals surface area contributed by atoms with E-state index in [0.29, 0.717) is 26.7 Å². The summed E-state index contributed by atoms with van der Waals surface area (Å²) in [5.74, 6) is 0.701. The van der Waals surface area contributed by atoms with Gasteiger partial charge in [-0.3, -0.25) is 10.2 Å². The zero-order valence-electron chi connectivity index (χ0n) is 12.0. The predicted molar refractivity (Wildman–Crippen MR) is 91.4 cm³/mol. The second-order valence-corrected chi connectivity index (χ2v) is 5.91. The molecule has 0 spiro atoms. The number of guanidine groups is 1. The van der Waals surface area contributed by atoms with Crippen LogP contribution in [0.5, 0.6) is 0 Å². The normalized spacial score (nSPS) is 11.3. The molecule has 2 aromatic carbocycles. The number of nitrogens with one attached hydrogen (secondary N) is 2. The highest BCUT2D eigenvalue weighted by atomic mass is 35.5. The van der Waals surface area contributed by atoms with Crippen LogP contribution in [0.4, 0.5) is 11.4 Å². The van der Waals surface area contributed by atoms with Crippen LogP contribution in [0.1, 0.15) is 0 Å². The summed E-state index contributed by atoms with van der Waals surface area (Å²) < 4.78 is 0. The van der Waals surface area contributed by atoms with E-state index >= 15 is 0 Å². The Balaban J connectivity index is 0.00000242. The minimum atomic E-state index is 0. The number of anilines is 1. The third-order valence-corrected chi connectivity index (χ3v) is 3.60. The molecule has 0 fully saturated rings. The summed E-state index contributed by atoms with van der Waals surface area (Å²) in [6.07, 6.45) is 0. The van der Waals surface area contributed by atoms with Gasteiger partial charge in [0.2, 0.25) is 0 Å². The van der Waals surface area contributed by atoms with Crippen molar-refractivity contribution in [1.29, 1.82) is 0 Å². The van der Waals surface area contributed by atoms with Crippen molar-refractivity contribution in [3.63, 3.8) is 0 Å². The molecule has 2 rings (SSSR count). The molecule has 0 unspecified atom stereocenters. The Morgan fingerprint density at radius 3 is 2.00 bits per heavy atom. The molecule has 0 bridgehead atoms. The van der Waals surface area contributed by atoms with Crippen LogP contribution in [-0.4, -0.2) is 20.1 Å². The van der Waals surface area contributed by atoms with Crippen molar-refractivity contribution in [3.05, 3.63) is 57.5 Å². The smallest absolute Gasteiger partial charge is 0.305 e. The fourth-order valence-corrected chi connectivity index (χ4v) is 2.25. The summed E-state index contributed by atoms with van der Waals surface area (Å²) in [5, 5.41) is 4.96. The Morgan fingerprint density at radius 1 is 0.955 bits per heavy atom. The van der Waals surface area contributed by atoms with Crippen molar-refractivity contribution < 1.29 is 17.3 Å². The Hall–Kier alpha value is -0.970. The first-order chi connectivity index (χ1) is 9.97. The van der Waals surface area contributed by atoms with E-state index in [2.05, 4.69) is 10.3 Å². The molecule has 22 heavy (non-hydrogen) atoms. The van der Waals surface area contributed by atoms with Gasteiger partial charge in [0.05, 0.1) is 24.1 Å². The molecule has 0 saturated carbocycles. The van der Waals surface area contributed by atoms with Crippen molar-refractivity contribution in [1.82, 2.24) is 0 Å². The summed E-state index contributed by atoms with van der Waals surface area (Å²) in [7, 11) is 3.93. The van der Waals surface area contributed by atoms with E-state index in [-0.39, 0.29) is 12.4 Å². The molecule has 0 aliphatic carbocycles. The molecule has 2 aromatic rings. The van der Waals surface area contributed by atoms with Crippen LogP contribution in [0.3, 0.4) is 0 Å². The van der Waals surface area contributed by atoms with Crippen LogP contribution in [0.25, 0.3) is 0 Å². The fourth-order valence-electron chi connectivity index (χ4n) is 1.64. The average molecular weight is 379 g/mol. The number of benzene rings is 2. The second kappa shape index (κ2) is 8.61. The summed E-state index contributed by atoms with van der Waals surface area (Å²) >= 11 is 18.2. The lowest BCUT2D eigenvalue weighted by atomic mass is 10.3. The van der Waals surface area contributed by atoms with Crippen molar-refractivity contribution >= 4 is 52.1 Å². The van der Waals surface area contributed by atoms with Crippen LogP contribution in [0.15, 0.2) is 47.5 Å². The average Bonchev–Trinajstić information content (AvgIpc) is 2.43. The van der Waals surface area contributed by atoms with Gasteiger partial charge in [0, 0.05) is 10.7 Å². The molecule has 7 heteroatoms. The molecule has 3 nitrogen and oxygen atoms in total. The number of halogens is 4. The topological polar surface area (TPSA) is 28.8 Å². The third-order valence-electron chi connectivity index (χ3n) is 2.74. The molecule has 0 radical (unpaired) electrons. The molecule has 0 aliphatic rings. The van der Waals surface area contributed by atoms with Gasteiger partial charge in [-0.25, -0.2) is 0 Å². The minimum Gasteiger partial charge on any atom is -1.00 e. The number of aliphatic imine (C=N–C) groups is 1. The predicted octanol–water partition coefficient (Wildman–Crippen LogP) is 0.895. The van der Waals surface area contributed by atoms with E-state index < -0.39 is 0 Å². The van der Waals surface area contributed by atoms with Crippen molar-refractivity contribution in [2.75, 3.05) is 19.4 Å². The van der Waals surface area contributed by atoms with E-state index in [1.54, 1.807) is 18.2 Å². The quantitative estimate of drug-likeness (QED) is 0.589. The number of hydrogen-bond acceptors (Lipinski definition) is 1. The second-order valence-electron chi connectivity index (χ2n) is 4.66. The van der Waals surface area contributed by atoms with Gasteiger partial charge in [-0.1, -0.05) is 40.9 Å². The van der Waals surface area contributed by atoms with Gasteiger partial charge in [-0.15, -0.1) is 0 Å². The molecule has 0 saturated heterocycles. The zero-order valence-corrected chi connectivity index (χ0v) is 15.0. The highest BCUT2D eigenvalue weighted by molar-refractivity contribution is 6.38. The summed E-state index contributed by atoms with van der Waals surface area (Å²) in [5.41, 5.74) is 1.45. The fraction of sp³-hybridized carbons (Fsp3) is 0.133. The van der Waals surface area contributed by atoms with Crippen molar-refractivity contribution in [3.8, 4) is 0 Å². The van der Waals surface area contributed by atoms with Gasteiger partial charge in [0.25, 0.3) is 0 Å². The van der Waals surface area contributed by atoms with Gasteiger partial charge < -0.3 is 12.4 Å². The number of rotatable bonds is 2. The molecule has 118 valence electrons. The van der Waals surface area contributed by atoms with Crippen LogP contribution in [0, 0.1) is 0 Å². The van der Waals surface area contributed by atoms with Crippen LogP contribution >= 0.6 is 34.8 Å². The van der Waals surface area contributed by atoms with E-state index in [4.69, 9.17) is 34.8 Å².